The summed E-state index contributed by atoms with van der Waals surface area (Å²) in [6.45, 7) is 5.70. The van der Waals surface area contributed by atoms with Gasteiger partial charge in [-0.2, -0.15) is 0 Å². The first kappa shape index (κ1) is 16.0. The van der Waals surface area contributed by atoms with Crippen LogP contribution >= 0.6 is 0 Å². The number of amides is 1. The molecule has 0 aromatic heterocycles. The van der Waals surface area contributed by atoms with Crippen molar-refractivity contribution in [1.82, 2.24) is 5.32 Å². The van der Waals surface area contributed by atoms with Gasteiger partial charge in [0.05, 0.1) is 5.56 Å². The Kier molecular flexibility index (Phi) is 5.15. The Balaban J connectivity index is 1.95. The number of fused-ring (bicyclic) bond motifs is 1. The van der Waals surface area contributed by atoms with Crippen LogP contribution in [0.3, 0.4) is 0 Å². The lowest BCUT2D eigenvalue weighted by Gasteiger charge is -2.17. The Morgan fingerprint density at radius 3 is 2.41 bits per heavy atom. The maximum atomic E-state index is 12.0. The lowest BCUT2D eigenvalue weighted by atomic mass is 10.1. The first-order valence-electron chi connectivity index (χ1n) is 7.42. The highest BCUT2D eigenvalue weighted by Crippen LogP contribution is 2.16. The Labute approximate surface area is 130 Å². The third kappa shape index (κ3) is 4.07. The quantitative estimate of drug-likeness (QED) is 0.863. The molecule has 0 heterocycles. The molecular weight excluding hydrogens is 278 g/mol. The molecule has 0 bridgehead atoms. The molecule has 2 rings (SSSR count). The second kappa shape index (κ2) is 7.07. The summed E-state index contributed by atoms with van der Waals surface area (Å²) in [5, 5.41) is 4.82. The van der Waals surface area contributed by atoms with E-state index in [1.54, 1.807) is 12.1 Å². The second-order valence-corrected chi connectivity index (χ2v) is 5.74. The van der Waals surface area contributed by atoms with E-state index in [0.29, 0.717) is 11.5 Å². The van der Waals surface area contributed by atoms with Gasteiger partial charge >= 0.3 is 5.97 Å². The fourth-order valence-corrected chi connectivity index (χ4v) is 1.99. The van der Waals surface area contributed by atoms with Crippen molar-refractivity contribution in [1.29, 1.82) is 0 Å². The number of hydrogen-bond donors (Lipinski definition) is 1. The Hall–Kier alpha value is -2.36. The van der Waals surface area contributed by atoms with Crippen molar-refractivity contribution in [3.8, 4) is 0 Å². The van der Waals surface area contributed by atoms with E-state index in [1.165, 1.54) is 0 Å². The molecule has 116 valence electrons. The molecule has 1 amide bonds. The van der Waals surface area contributed by atoms with Crippen molar-refractivity contribution in [2.45, 2.75) is 26.8 Å². The first-order chi connectivity index (χ1) is 10.5. The van der Waals surface area contributed by atoms with Crippen LogP contribution in [0.5, 0.6) is 0 Å². The molecule has 2 aromatic rings. The van der Waals surface area contributed by atoms with Crippen LogP contribution in [0, 0.1) is 5.92 Å². The molecule has 0 aliphatic heterocycles. The van der Waals surface area contributed by atoms with Gasteiger partial charge in [0, 0.05) is 6.04 Å². The average Bonchev–Trinajstić information content (AvgIpc) is 2.52. The fraction of sp³-hybridized carbons (Fsp3) is 0.333. The molecule has 0 saturated heterocycles. The maximum Gasteiger partial charge on any atom is 0.338 e. The van der Waals surface area contributed by atoms with Crippen LogP contribution in [0.1, 0.15) is 31.1 Å². The molecule has 4 nitrogen and oxygen atoms in total. The van der Waals surface area contributed by atoms with Crippen molar-refractivity contribution in [2.24, 2.45) is 5.92 Å². The van der Waals surface area contributed by atoms with Gasteiger partial charge in [0.2, 0.25) is 0 Å². The van der Waals surface area contributed by atoms with E-state index in [1.807, 2.05) is 51.1 Å². The smallest absolute Gasteiger partial charge is 0.338 e. The van der Waals surface area contributed by atoms with Crippen LogP contribution in [0.4, 0.5) is 0 Å². The molecular formula is C18H21NO3. The van der Waals surface area contributed by atoms with E-state index >= 15 is 0 Å². The van der Waals surface area contributed by atoms with Crippen LogP contribution in [0.2, 0.25) is 0 Å². The zero-order chi connectivity index (χ0) is 16.1. The summed E-state index contributed by atoms with van der Waals surface area (Å²) in [7, 11) is 0. The van der Waals surface area contributed by atoms with Crippen LogP contribution in [0.15, 0.2) is 42.5 Å². The normalized spacial score (nSPS) is 12.2. The number of nitrogens with one attached hydrogen (secondary N) is 1. The van der Waals surface area contributed by atoms with Crippen molar-refractivity contribution in [2.75, 3.05) is 6.61 Å². The molecule has 1 N–H and O–H groups in total. The number of ether oxygens (including phenoxy) is 1. The molecule has 4 heteroatoms. The summed E-state index contributed by atoms with van der Waals surface area (Å²) in [6, 6.07) is 13.2. The van der Waals surface area contributed by atoms with Gasteiger partial charge in [0.15, 0.2) is 6.61 Å². The van der Waals surface area contributed by atoms with Crippen molar-refractivity contribution < 1.29 is 14.3 Å². The Bertz CT molecular complexity index is 679. The highest BCUT2D eigenvalue weighted by Gasteiger charge is 2.14. The third-order valence-corrected chi connectivity index (χ3v) is 3.71. The highest BCUT2D eigenvalue weighted by atomic mass is 16.5. The van der Waals surface area contributed by atoms with E-state index in [-0.39, 0.29) is 18.6 Å². The van der Waals surface area contributed by atoms with Gasteiger partial charge in [-0.15, -0.1) is 0 Å². The SMILES string of the molecule is CC(C)C(C)NC(=O)COC(=O)c1ccc2ccccc2c1. The monoisotopic (exact) mass is 299 g/mol. The van der Waals surface area contributed by atoms with Crippen LogP contribution in [-0.2, 0) is 9.53 Å². The van der Waals surface area contributed by atoms with Gasteiger partial charge in [-0.05, 0) is 35.7 Å². The Morgan fingerprint density at radius 1 is 1.05 bits per heavy atom. The second-order valence-electron chi connectivity index (χ2n) is 5.74. The van der Waals surface area contributed by atoms with Gasteiger partial charge in [-0.3, -0.25) is 4.79 Å². The van der Waals surface area contributed by atoms with Crippen LogP contribution < -0.4 is 5.32 Å². The number of carbonyl (C=O) groups excluding carboxylic acids is 2. The molecule has 0 aliphatic rings. The lowest BCUT2D eigenvalue weighted by Crippen LogP contribution is -2.38. The number of carbonyl (C=O) groups is 2. The summed E-state index contributed by atoms with van der Waals surface area (Å²) in [5.74, 6) is -0.436. The molecule has 0 spiro atoms. The molecule has 0 fully saturated rings. The lowest BCUT2D eigenvalue weighted by molar-refractivity contribution is -0.125. The predicted octanol–water partition coefficient (Wildman–Crippen LogP) is 3.16. The van der Waals surface area contributed by atoms with E-state index in [9.17, 15) is 9.59 Å². The Morgan fingerprint density at radius 2 is 1.73 bits per heavy atom. The standard InChI is InChI=1S/C18H21NO3/c1-12(2)13(3)19-17(20)11-22-18(21)16-9-8-14-6-4-5-7-15(14)10-16/h4-10,12-13H,11H2,1-3H3,(H,19,20). The minimum Gasteiger partial charge on any atom is -0.452 e. The first-order valence-corrected chi connectivity index (χ1v) is 7.42. The fourth-order valence-electron chi connectivity index (χ4n) is 1.99. The van der Waals surface area contributed by atoms with E-state index in [2.05, 4.69) is 5.32 Å². The summed E-state index contributed by atoms with van der Waals surface area (Å²) in [5.41, 5.74) is 0.448. The largest absolute Gasteiger partial charge is 0.452 e. The summed E-state index contributed by atoms with van der Waals surface area (Å²) in [4.78, 5) is 23.7. The average molecular weight is 299 g/mol. The van der Waals surface area contributed by atoms with Crippen LogP contribution in [-0.4, -0.2) is 24.5 Å². The zero-order valence-electron chi connectivity index (χ0n) is 13.1. The number of benzene rings is 2. The molecule has 1 atom stereocenters. The molecule has 2 aromatic carbocycles. The molecule has 0 saturated carbocycles. The van der Waals surface area contributed by atoms with Gasteiger partial charge in [-0.1, -0.05) is 44.2 Å². The maximum absolute atomic E-state index is 12.0. The summed E-state index contributed by atoms with van der Waals surface area (Å²) in [6.07, 6.45) is 0. The molecule has 1 unspecified atom stereocenters. The predicted molar refractivity (Wildman–Crippen MR) is 86.7 cm³/mol. The molecule has 22 heavy (non-hydrogen) atoms. The highest BCUT2D eigenvalue weighted by molar-refractivity contribution is 5.96. The van der Waals surface area contributed by atoms with Gasteiger partial charge in [-0.25, -0.2) is 4.79 Å². The van der Waals surface area contributed by atoms with Crippen LogP contribution in [0.25, 0.3) is 10.8 Å². The van der Waals surface area contributed by atoms with Gasteiger partial charge in [0.25, 0.3) is 5.91 Å². The molecule has 0 radical (unpaired) electrons. The third-order valence-electron chi connectivity index (χ3n) is 3.71. The number of rotatable bonds is 5. The van der Waals surface area contributed by atoms with Gasteiger partial charge < -0.3 is 10.1 Å². The van der Waals surface area contributed by atoms with E-state index < -0.39 is 5.97 Å². The van der Waals surface area contributed by atoms with Crippen molar-refractivity contribution in [3.63, 3.8) is 0 Å². The minimum absolute atomic E-state index is 0.0480. The van der Waals surface area contributed by atoms with E-state index in [4.69, 9.17) is 4.74 Å². The van der Waals surface area contributed by atoms with Crippen molar-refractivity contribution >= 4 is 22.6 Å². The molecule has 0 aliphatic carbocycles. The summed E-state index contributed by atoms with van der Waals surface area (Å²) < 4.78 is 5.07. The van der Waals surface area contributed by atoms with Gasteiger partial charge in [0.1, 0.15) is 0 Å². The zero-order valence-corrected chi connectivity index (χ0v) is 13.1. The van der Waals surface area contributed by atoms with E-state index in [0.717, 1.165) is 10.8 Å². The summed E-state index contributed by atoms with van der Waals surface area (Å²) >= 11 is 0. The number of hydrogen-bond acceptors (Lipinski definition) is 3. The van der Waals surface area contributed by atoms with Crippen molar-refractivity contribution in [3.05, 3.63) is 48.0 Å². The minimum atomic E-state index is -0.488. The topological polar surface area (TPSA) is 55.4 Å². The number of esters is 1.